The zero-order valence-electron chi connectivity index (χ0n) is 11.9. The van der Waals surface area contributed by atoms with Crippen molar-refractivity contribution < 1.29 is 0 Å². The second-order valence-electron chi connectivity index (χ2n) is 6.07. The van der Waals surface area contributed by atoms with E-state index >= 15 is 0 Å². The Kier molecular flexibility index (Phi) is 3.72. The maximum Gasteiger partial charge on any atom is 0.129 e. The van der Waals surface area contributed by atoms with Gasteiger partial charge < -0.3 is 5.73 Å². The highest BCUT2D eigenvalue weighted by atomic mass is 79.9. The highest BCUT2D eigenvalue weighted by Gasteiger charge is 2.21. The molecule has 0 unspecified atom stereocenters. The minimum absolute atomic E-state index is 0.185. The Labute approximate surface area is 122 Å². The lowest BCUT2D eigenvalue weighted by Crippen LogP contribution is -2.10. The van der Waals surface area contributed by atoms with Crippen LogP contribution in [0.4, 0.5) is 5.82 Å². The van der Waals surface area contributed by atoms with Crippen LogP contribution < -0.4 is 5.73 Å². The summed E-state index contributed by atoms with van der Waals surface area (Å²) < 4.78 is 2.83. The molecule has 2 aromatic rings. The molecule has 0 amide bonds. The van der Waals surface area contributed by atoms with Gasteiger partial charge in [0, 0.05) is 17.1 Å². The van der Waals surface area contributed by atoms with Gasteiger partial charge in [0.2, 0.25) is 0 Å². The average molecular weight is 322 g/mol. The molecule has 102 valence electrons. The van der Waals surface area contributed by atoms with Crippen LogP contribution in [0.25, 0.3) is 11.1 Å². The van der Waals surface area contributed by atoms with Crippen LogP contribution in [0.5, 0.6) is 0 Å². The van der Waals surface area contributed by atoms with Crippen LogP contribution in [0.3, 0.4) is 0 Å². The van der Waals surface area contributed by atoms with Crippen molar-refractivity contribution in [1.29, 1.82) is 0 Å². The fraction of sp³-hybridized carbons (Fsp3) is 0.400. The molecule has 0 spiro atoms. The summed E-state index contributed by atoms with van der Waals surface area (Å²) in [7, 11) is 1.89. The van der Waals surface area contributed by atoms with Crippen molar-refractivity contribution >= 4 is 21.7 Å². The van der Waals surface area contributed by atoms with Crippen molar-refractivity contribution in [2.24, 2.45) is 12.5 Å². The molecule has 4 heteroatoms. The standard InChI is InChI=1S/C15H20BrN3/c1-15(2,3)9-12-13(14(17)19(4)18-12)10-5-7-11(16)8-6-10/h5-8H,9,17H2,1-4H3. The van der Waals surface area contributed by atoms with Crippen LogP contribution in [0, 0.1) is 5.41 Å². The number of nitrogens with zero attached hydrogens (tertiary/aromatic N) is 2. The third kappa shape index (κ3) is 3.18. The number of benzene rings is 1. The van der Waals surface area contributed by atoms with Crippen molar-refractivity contribution in [2.75, 3.05) is 5.73 Å². The Morgan fingerprint density at radius 3 is 2.32 bits per heavy atom. The highest BCUT2D eigenvalue weighted by Crippen LogP contribution is 2.33. The van der Waals surface area contributed by atoms with Crippen LogP contribution in [-0.4, -0.2) is 9.78 Å². The molecule has 0 radical (unpaired) electrons. The predicted molar refractivity (Wildman–Crippen MR) is 83.9 cm³/mol. The Morgan fingerprint density at radius 1 is 1.21 bits per heavy atom. The van der Waals surface area contributed by atoms with E-state index in [4.69, 9.17) is 5.73 Å². The van der Waals surface area contributed by atoms with Crippen LogP contribution in [0.2, 0.25) is 0 Å². The van der Waals surface area contributed by atoms with E-state index < -0.39 is 0 Å². The van der Waals surface area contributed by atoms with Gasteiger partial charge in [-0.2, -0.15) is 5.10 Å². The number of nitrogens with two attached hydrogens (primary N) is 1. The van der Waals surface area contributed by atoms with Gasteiger partial charge in [-0.25, -0.2) is 0 Å². The normalized spacial score (nSPS) is 11.8. The largest absolute Gasteiger partial charge is 0.383 e. The van der Waals surface area contributed by atoms with E-state index in [1.54, 1.807) is 4.68 Å². The third-order valence-corrected chi connectivity index (χ3v) is 3.52. The monoisotopic (exact) mass is 321 g/mol. The molecule has 1 heterocycles. The molecule has 1 aromatic carbocycles. The molecule has 2 rings (SSSR count). The van der Waals surface area contributed by atoms with E-state index in [-0.39, 0.29) is 5.41 Å². The number of hydrogen-bond acceptors (Lipinski definition) is 2. The molecule has 1 aromatic heterocycles. The van der Waals surface area contributed by atoms with Crippen molar-refractivity contribution in [3.8, 4) is 11.1 Å². The fourth-order valence-corrected chi connectivity index (χ4v) is 2.42. The summed E-state index contributed by atoms with van der Waals surface area (Å²) >= 11 is 3.46. The fourth-order valence-electron chi connectivity index (χ4n) is 2.15. The lowest BCUT2D eigenvalue weighted by molar-refractivity contribution is 0.405. The van der Waals surface area contributed by atoms with Crippen molar-refractivity contribution in [3.63, 3.8) is 0 Å². The minimum atomic E-state index is 0.185. The van der Waals surface area contributed by atoms with E-state index in [1.165, 1.54) is 0 Å². The van der Waals surface area contributed by atoms with Gasteiger partial charge in [0.05, 0.1) is 5.69 Å². The van der Waals surface area contributed by atoms with Crippen molar-refractivity contribution in [1.82, 2.24) is 9.78 Å². The number of nitrogen functional groups attached to an aromatic ring is 1. The maximum atomic E-state index is 6.18. The summed E-state index contributed by atoms with van der Waals surface area (Å²) in [5.74, 6) is 0.724. The summed E-state index contributed by atoms with van der Waals surface area (Å²) in [6, 6.07) is 8.21. The van der Waals surface area contributed by atoms with E-state index in [0.717, 1.165) is 33.5 Å². The maximum absolute atomic E-state index is 6.18. The van der Waals surface area contributed by atoms with Gasteiger partial charge in [-0.3, -0.25) is 4.68 Å². The SMILES string of the molecule is Cn1nc(CC(C)(C)C)c(-c2ccc(Br)cc2)c1N. The molecule has 0 fully saturated rings. The van der Waals surface area contributed by atoms with Gasteiger partial charge in [0.1, 0.15) is 5.82 Å². The highest BCUT2D eigenvalue weighted by molar-refractivity contribution is 9.10. The van der Waals surface area contributed by atoms with Gasteiger partial charge in [-0.05, 0) is 29.5 Å². The summed E-state index contributed by atoms with van der Waals surface area (Å²) in [5.41, 5.74) is 9.61. The molecule has 0 aliphatic carbocycles. The summed E-state index contributed by atoms with van der Waals surface area (Å²) in [6.07, 6.45) is 0.906. The summed E-state index contributed by atoms with van der Waals surface area (Å²) in [5, 5.41) is 4.57. The lowest BCUT2D eigenvalue weighted by atomic mass is 9.88. The molecule has 2 N–H and O–H groups in total. The number of aryl methyl sites for hydroxylation is 1. The molecule has 19 heavy (non-hydrogen) atoms. The Morgan fingerprint density at radius 2 is 1.79 bits per heavy atom. The molecular weight excluding hydrogens is 302 g/mol. The summed E-state index contributed by atoms with van der Waals surface area (Å²) in [6.45, 7) is 6.63. The van der Waals surface area contributed by atoms with Crippen LogP contribution in [-0.2, 0) is 13.5 Å². The molecular formula is C15H20BrN3. The van der Waals surface area contributed by atoms with E-state index in [1.807, 2.05) is 19.2 Å². The minimum Gasteiger partial charge on any atom is -0.383 e. The van der Waals surface area contributed by atoms with Gasteiger partial charge in [-0.1, -0.05) is 48.8 Å². The number of rotatable bonds is 2. The van der Waals surface area contributed by atoms with Gasteiger partial charge in [0.15, 0.2) is 0 Å². The predicted octanol–water partition coefficient (Wildman–Crippen LogP) is 4.02. The van der Waals surface area contributed by atoms with Gasteiger partial charge in [-0.15, -0.1) is 0 Å². The number of hydrogen-bond donors (Lipinski definition) is 1. The van der Waals surface area contributed by atoms with E-state index in [0.29, 0.717) is 0 Å². The molecule has 0 bridgehead atoms. The van der Waals surface area contributed by atoms with Gasteiger partial charge >= 0.3 is 0 Å². The lowest BCUT2D eigenvalue weighted by Gasteiger charge is -2.17. The Balaban J connectivity index is 2.52. The topological polar surface area (TPSA) is 43.8 Å². The van der Waals surface area contributed by atoms with E-state index in [2.05, 4.69) is 53.9 Å². The molecule has 0 aliphatic heterocycles. The molecule has 0 atom stereocenters. The molecule has 0 saturated carbocycles. The smallest absolute Gasteiger partial charge is 0.129 e. The van der Waals surface area contributed by atoms with Crippen LogP contribution >= 0.6 is 15.9 Å². The number of anilines is 1. The Hall–Kier alpha value is -1.29. The average Bonchev–Trinajstić information content (AvgIpc) is 2.54. The van der Waals surface area contributed by atoms with Gasteiger partial charge in [0.25, 0.3) is 0 Å². The van der Waals surface area contributed by atoms with Crippen LogP contribution in [0.1, 0.15) is 26.5 Å². The zero-order chi connectivity index (χ0) is 14.2. The first kappa shape index (κ1) is 14.1. The molecule has 0 aliphatic rings. The number of halogens is 1. The van der Waals surface area contributed by atoms with E-state index in [9.17, 15) is 0 Å². The first-order valence-corrected chi connectivity index (χ1v) is 7.14. The van der Waals surface area contributed by atoms with Crippen LogP contribution in [0.15, 0.2) is 28.7 Å². The first-order chi connectivity index (χ1) is 8.78. The third-order valence-electron chi connectivity index (χ3n) is 2.99. The second-order valence-corrected chi connectivity index (χ2v) is 6.99. The summed E-state index contributed by atoms with van der Waals surface area (Å²) in [4.78, 5) is 0. The molecule has 3 nitrogen and oxygen atoms in total. The molecule has 0 saturated heterocycles. The van der Waals surface area contributed by atoms with Crippen molar-refractivity contribution in [3.05, 3.63) is 34.4 Å². The number of aromatic nitrogens is 2. The second kappa shape index (κ2) is 5.00. The Bertz CT molecular complexity index is 577. The zero-order valence-corrected chi connectivity index (χ0v) is 13.5. The quantitative estimate of drug-likeness (QED) is 0.907. The van der Waals surface area contributed by atoms with Crippen molar-refractivity contribution in [2.45, 2.75) is 27.2 Å². The first-order valence-electron chi connectivity index (χ1n) is 6.35.